The molecular weight excluding hydrogens is 413 g/mol. The molecule has 4 aromatic rings. The first kappa shape index (κ1) is 21.0. The van der Waals surface area contributed by atoms with Crippen LogP contribution in [-0.4, -0.2) is 44.1 Å². The van der Waals surface area contributed by atoms with Crippen LogP contribution in [0.15, 0.2) is 48.0 Å². The molecule has 0 bridgehead atoms. The number of H-pyrrole nitrogens is 1. The predicted octanol–water partition coefficient (Wildman–Crippen LogP) is 4.78. The molecule has 0 fully saturated rings. The van der Waals surface area contributed by atoms with Crippen LogP contribution in [0.4, 0.5) is 4.39 Å². The van der Waals surface area contributed by atoms with E-state index in [0.29, 0.717) is 12.1 Å². The first-order valence-corrected chi connectivity index (χ1v) is 11.0. The molecule has 0 aliphatic rings. The summed E-state index contributed by atoms with van der Waals surface area (Å²) < 4.78 is 15.1. The lowest BCUT2D eigenvalue weighted by Gasteiger charge is -2.17. The van der Waals surface area contributed by atoms with Gasteiger partial charge in [-0.1, -0.05) is 0 Å². The minimum atomic E-state index is -0.264. The third-order valence-corrected chi connectivity index (χ3v) is 6.09. The van der Waals surface area contributed by atoms with Gasteiger partial charge in [0.25, 0.3) is 5.91 Å². The smallest absolute Gasteiger partial charge is 0.255 e. The maximum atomic E-state index is 13.1. The molecule has 160 valence electrons. The summed E-state index contributed by atoms with van der Waals surface area (Å²) in [6.45, 7) is 4.57. The monoisotopic (exact) mass is 437 g/mol. The number of aryl methyl sites for hydroxylation is 2. The second-order valence-corrected chi connectivity index (χ2v) is 8.42. The molecule has 0 saturated carbocycles. The molecule has 0 saturated heterocycles. The summed E-state index contributed by atoms with van der Waals surface area (Å²) in [7, 11) is 1.83. The molecule has 0 unspecified atom stereocenters. The Kier molecular flexibility index (Phi) is 5.99. The largest absolute Gasteiger partial charge is 0.342 e. The molecule has 0 aliphatic carbocycles. The van der Waals surface area contributed by atoms with Crippen molar-refractivity contribution in [3.05, 3.63) is 76.4 Å². The SMILES string of the molecule is Cc1cc(C(=O)N(C)CCCc2cc(-c3ccc(F)cc3)n[nH]2)c(C)n1-c1nccs1. The number of benzene rings is 1. The van der Waals surface area contributed by atoms with Crippen molar-refractivity contribution in [1.82, 2.24) is 24.6 Å². The molecule has 1 amide bonds. The van der Waals surface area contributed by atoms with Gasteiger partial charge >= 0.3 is 0 Å². The number of aromatic nitrogens is 4. The molecule has 31 heavy (non-hydrogen) atoms. The van der Waals surface area contributed by atoms with Crippen molar-refractivity contribution in [1.29, 1.82) is 0 Å². The highest BCUT2D eigenvalue weighted by Gasteiger charge is 2.20. The highest BCUT2D eigenvalue weighted by atomic mass is 32.1. The van der Waals surface area contributed by atoms with E-state index in [9.17, 15) is 9.18 Å². The maximum Gasteiger partial charge on any atom is 0.255 e. The average molecular weight is 438 g/mol. The molecule has 8 heteroatoms. The predicted molar refractivity (Wildman–Crippen MR) is 120 cm³/mol. The molecule has 0 aliphatic heterocycles. The van der Waals surface area contributed by atoms with Gasteiger partial charge in [-0.25, -0.2) is 9.37 Å². The van der Waals surface area contributed by atoms with Crippen LogP contribution in [0.1, 0.15) is 33.9 Å². The van der Waals surface area contributed by atoms with Gasteiger partial charge < -0.3 is 4.90 Å². The summed E-state index contributed by atoms with van der Waals surface area (Å²) in [4.78, 5) is 19.1. The van der Waals surface area contributed by atoms with Gasteiger partial charge in [0.1, 0.15) is 5.82 Å². The number of rotatable bonds is 7. The molecule has 3 aromatic heterocycles. The second kappa shape index (κ2) is 8.85. The first-order valence-electron chi connectivity index (χ1n) is 10.1. The third-order valence-electron chi connectivity index (χ3n) is 5.33. The molecule has 3 heterocycles. The Bertz CT molecular complexity index is 1180. The van der Waals surface area contributed by atoms with Gasteiger partial charge in [-0.15, -0.1) is 11.3 Å². The minimum Gasteiger partial charge on any atom is -0.342 e. The number of halogens is 1. The molecule has 1 N–H and O–H groups in total. The van der Waals surface area contributed by atoms with Crippen molar-refractivity contribution >= 4 is 17.2 Å². The van der Waals surface area contributed by atoms with Gasteiger partial charge in [0.2, 0.25) is 0 Å². The summed E-state index contributed by atoms with van der Waals surface area (Å²) in [6.07, 6.45) is 3.34. The van der Waals surface area contributed by atoms with Crippen LogP contribution in [0, 0.1) is 19.7 Å². The quantitative estimate of drug-likeness (QED) is 0.452. The minimum absolute atomic E-state index is 0.00696. The fourth-order valence-electron chi connectivity index (χ4n) is 3.67. The van der Waals surface area contributed by atoms with E-state index in [1.165, 1.54) is 12.1 Å². The molecule has 0 spiro atoms. The van der Waals surface area contributed by atoms with Crippen molar-refractivity contribution in [3.63, 3.8) is 0 Å². The van der Waals surface area contributed by atoms with Crippen LogP contribution < -0.4 is 0 Å². The number of aromatic amines is 1. The molecule has 0 radical (unpaired) electrons. The third kappa shape index (κ3) is 4.44. The second-order valence-electron chi connectivity index (χ2n) is 7.55. The van der Waals surface area contributed by atoms with Crippen LogP contribution in [0.3, 0.4) is 0 Å². The van der Waals surface area contributed by atoms with Gasteiger partial charge in [-0.2, -0.15) is 5.10 Å². The van der Waals surface area contributed by atoms with Gasteiger partial charge in [0, 0.05) is 47.8 Å². The number of thiazole rings is 1. The summed E-state index contributed by atoms with van der Waals surface area (Å²) in [5, 5.41) is 10.1. The lowest BCUT2D eigenvalue weighted by atomic mass is 10.1. The highest BCUT2D eigenvalue weighted by molar-refractivity contribution is 7.12. The van der Waals surface area contributed by atoms with E-state index >= 15 is 0 Å². The molecule has 4 rings (SSSR count). The van der Waals surface area contributed by atoms with Gasteiger partial charge in [-0.05, 0) is 63.1 Å². The Morgan fingerprint density at radius 1 is 1.23 bits per heavy atom. The summed E-state index contributed by atoms with van der Waals surface area (Å²) in [6, 6.07) is 10.2. The molecule has 0 atom stereocenters. The Hall–Kier alpha value is -3.26. The lowest BCUT2D eigenvalue weighted by molar-refractivity contribution is 0.0793. The van der Waals surface area contributed by atoms with E-state index < -0.39 is 0 Å². The maximum absolute atomic E-state index is 13.1. The fourth-order valence-corrected chi connectivity index (χ4v) is 4.42. The lowest BCUT2D eigenvalue weighted by Crippen LogP contribution is -2.28. The first-order chi connectivity index (χ1) is 14.9. The van der Waals surface area contributed by atoms with E-state index in [0.717, 1.165) is 46.3 Å². The number of hydrogen-bond acceptors (Lipinski definition) is 4. The van der Waals surface area contributed by atoms with E-state index in [-0.39, 0.29) is 11.7 Å². The number of amides is 1. The summed E-state index contributed by atoms with van der Waals surface area (Å²) in [5.74, 6) is -0.257. The number of nitrogens with one attached hydrogen (secondary N) is 1. The van der Waals surface area contributed by atoms with E-state index in [4.69, 9.17) is 0 Å². The number of nitrogens with zero attached hydrogens (tertiary/aromatic N) is 4. The van der Waals surface area contributed by atoms with Crippen molar-refractivity contribution in [2.45, 2.75) is 26.7 Å². The molecule has 1 aromatic carbocycles. The van der Waals surface area contributed by atoms with E-state index in [2.05, 4.69) is 15.2 Å². The molecule has 6 nitrogen and oxygen atoms in total. The molecular formula is C23H24FN5OS. The normalized spacial score (nSPS) is 11.1. The van der Waals surface area contributed by atoms with Crippen molar-refractivity contribution in [2.24, 2.45) is 0 Å². The van der Waals surface area contributed by atoms with Gasteiger partial charge in [0.05, 0.1) is 11.3 Å². The zero-order chi connectivity index (χ0) is 22.0. The number of carbonyl (C=O) groups is 1. The van der Waals surface area contributed by atoms with Crippen molar-refractivity contribution in [3.8, 4) is 16.4 Å². The Morgan fingerprint density at radius 3 is 2.71 bits per heavy atom. The number of hydrogen-bond donors (Lipinski definition) is 1. The van der Waals surface area contributed by atoms with Crippen LogP contribution >= 0.6 is 11.3 Å². The standard InChI is InChI=1S/C23H24FN5OS/c1-15-13-20(16(2)29(15)23-25-10-12-31-23)22(30)28(3)11-4-5-19-14-21(27-26-19)17-6-8-18(24)9-7-17/h6-10,12-14H,4-5,11H2,1-3H3,(H,26,27). The Morgan fingerprint density at radius 2 is 2.00 bits per heavy atom. The average Bonchev–Trinajstić information content (AvgIpc) is 3.49. The zero-order valence-corrected chi connectivity index (χ0v) is 18.5. The van der Waals surface area contributed by atoms with E-state index in [1.807, 2.05) is 43.0 Å². The zero-order valence-electron chi connectivity index (χ0n) is 17.7. The Balaban J connectivity index is 1.36. The van der Waals surface area contributed by atoms with Crippen LogP contribution in [0.2, 0.25) is 0 Å². The number of carbonyl (C=O) groups excluding carboxylic acids is 1. The summed E-state index contributed by atoms with van der Waals surface area (Å²) >= 11 is 1.55. The van der Waals surface area contributed by atoms with Crippen LogP contribution in [-0.2, 0) is 6.42 Å². The Labute approximate surface area is 184 Å². The topological polar surface area (TPSA) is 66.8 Å². The summed E-state index contributed by atoms with van der Waals surface area (Å²) in [5.41, 5.74) is 5.25. The van der Waals surface area contributed by atoms with Gasteiger partial charge in [-0.3, -0.25) is 14.5 Å². The van der Waals surface area contributed by atoms with Crippen LogP contribution in [0.5, 0.6) is 0 Å². The fraction of sp³-hybridized carbons (Fsp3) is 0.261. The van der Waals surface area contributed by atoms with Crippen molar-refractivity contribution in [2.75, 3.05) is 13.6 Å². The van der Waals surface area contributed by atoms with Crippen LogP contribution in [0.25, 0.3) is 16.4 Å². The highest BCUT2D eigenvalue weighted by Crippen LogP contribution is 2.23. The van der Waals surface area contributed by atoms with Crippen molar-refractivity contribution < 1.29 is 9.18 Å². The van der Waals surface area contributed by atoms with E-state index in [1.54, 1.807) is 34.6 Å². The van der Waals surface area contributed by atoms with Gasteiger partial charge in [0.15, 0.2) is 5.13 Å².